The summed E-state index contributed by atoms with van der Waals surface area (Å²) in [6.45, 7) is 1.93. The van der Waals surface area contributed by atoms with E-state index in [9.17, 15) is 0 Å². The zero-order valence-electron chi connectivity index (χ0n) is 5.83. The SMILES string of the molecule is Cc1cn(C)nc1N=C=S. The predicted molar refractivity (Wildman–Crippen MR) is 42.6 cm³/mol. The molecule has 0 bridgehead atoms. The van der Waals surface area contributed by atoms with E-state index in [4.69, 9.17) is 0 Å². The van der Waals surface area contributed by atoms with Gasteiger partial charge in [-0.1, -0.05) is 0 Å². The van der Waals surface area contributed by atoms with E-state index < -0.39 is 0 Å². The average Bonchev–Trinajstić information content (AvgIpc) is 2.13. The van der Waals surface area contributed by atoms with E-state index in [0.717, 1.165) is 5.56 Å². The lowest BCUT2D eigenvalue weighted by Gasteiger charge is -1.80. The van der Waals surface area contributed by atoms with Gasteiger partial charge < -0.3 is 0 Å². The van der Waals surface area contributed by atoms with Crippen molar-refractivity contribution in [2.75, 3.05) is 0 Å². The summed E-state index contributed by atoms with van der Waals surface area (Å²) in [4.78, 5) is 3.76. The summed E-state index contributed by atoms with van der Waals surface area (Å²) in [5.74, 6) is 0.650. The molecule has 0 spiro atoms. The van der Waals surface area contributed by atoms with Gasteiger partial charge in [0, 0.05) is 18.8 Å². The summed E-state index contributed by atoms with van der Waals surface area (Å²) in [5, 5.41) is 6.29. The maximum absolute atomic E-state index is 4.44. The molecule has 0 N–H and O–H groups in total. The summed E-state index contributed by atoms with van der Waals surface area (Å²) >= 11 is 4.44. The van der Waals surface area contributed by atoms with Crippen molar-refractivity contribution in [3.8, 4) is 0 Å². The number of aliphatic imine (C=N–C) groups is 1. The van der Waals surface area contributed by atoms with Crippen molar-refractivity contribution < 1.29 is 0 Å². The van der Waals surface area contributed by atoms with E-state index in [1.807, 2.05) is 20.2 Å². The fourth-order valence-electron chi connectivity index (χ4n) is 0.749. The second-order valence-corrected chi connectivity index (χ2v) is 2.20. The Labute approximate surface area is 64.4 Å². The highest BCUT2D eigenvalue weighted by Gasteiger charge is 1.98. The number of hydrogen-bond acceptors (Lipinski definition) is 3. The molecular weight excluding hydrogens is 146 g/mol. The van der Waals surface area contributed by atoms with Gasteiger partial charge in [-0.3, -0.25) is 4.68 Å². The topological polar surface area (TPSA) is 30.2 Å². The van der Waals surface area contributed by atoms with Gasteiger partial charge in [0.05, 0.1) is 5.16 Å². The van der Waals surface area contributed by atoms with Gasteiger partial charge >= 0.3 is 0 Å². The lowest BCUT2D eigenvalue weighted by Crippen LogP contribution is -1.84. The fraction of sp³-hybridized carbons (Fsp3) is 0.333. The molecular formula is C6H7N3S. The normalized spacial score (nSPS) is 9.00. The molecule has 3 nitrogen and oxygen atoms in total. The predicted octanol–water partition coefficient (Wildman–Crippen LogP) is 1.46. The van der Waals surface area contributed by atoms with Gasteiger partial charge in [-0.15, -0.1) is 0 Å². The molecule has 4 heteroatoms. The van der Waals surface area contributed by atoms with Crippen LogP contribution in [0.25, 0.3) is 0 Å². The van der Waals surface area contributed by atoms with Gasteiger partial charge in [-0.05, 0) is 19.1 Å². The molecule has 0 aliphatic rings. The van der Waals surface area contributed by atoms with Crippen LogP contribution in [0.5, 0.6) is 0 Å². The average molecular weight is 153 g/mol. The third-order valence-corrected chi connectivity index (χ3v) is 1.23. The van der Waals surface area contributed by atoms with Gasteiger partial charge in [-0.2, -0.15) is 10.1 Å². The van der Waals surface area contributed by atoms with E-state index in [2.05, 4.69) is 27.5 Å². The first-order valence-corrected chi connectivity index (χ1v) is 3.23. The first kappa shape index (κ1) is 7.12. The Morgan fingerprint density at radius 3 is 2.90 bits per heavy atom. The highest BCUT2D eigenvalue weighted by atomic mass is 32.1. The standard InChI is InChI=1S/C6H7N3S/c1-5-3-9(2)8-6(5)7-4-10/h3H,1-2H3. The van der Waals surface area contributed by atoms with E-state index in [1.54, 1.807) is 4.68 Å². The monoisotopic (exact) mass is 153 g/mol. The fourth-order valence-corrected chi connectivity index (χ4v) is 0.835. The van der Waals surface area contributed by atoms with Crippen molar-refractivity contribution in [3.63, 3.8) is 0 Å². The van der Waals surface area contributed by atoms with E-state index in [1.165, 1.54) is 0 Å². The molecule has 1 aromatic heterocycles. The van der Waals surface area contributed by atoms with E-state index >= 15 is 0 Å². The summed E-state index contributed by atoms with van der Waals surface area (Å²) in [7, 11) is 1.84. The molecule has 1 heterocycles. The Hall–Kier alpha value is -0.990. The molecule has 0 unspecified atom stereocenters. The number of nitrogens with zero attached hydrogens (tertiary/aromatic N) is 3. The molecule has 0 saturated carbocycles. The molecule has 0 atom stereocenters. The van der Waals surface area contributed by atoms with Crippen molar-refractivity contribution in [2.45, 2.75) is 6.92 Å². The van der Waals surface area contributed by atoms with Crippen LogP contribution < -0.4 is 0 Å². The number of hydrogen-bond donors (Lipinski definition) is 0. The zero-order valence-corrected chi connectivity index (χ0v) is 6.64. The third-order valence-electron chi connectivity index (χ3n) is 1.14. The minimum absolute atomic E-state index is 0.650. The molecule has 0 aromatic carbocycles. The lowest BCUT2D eigenvalue weighted by atomic mass is 10.4. The van der Waals surface area contributed by atoms with Crippen LogP contribution in [-0.4, -0.2) is 14.9 Å². The van der Waals surface area contributed by atoms with Crippen LogP contribution in [-0.2, 0) is 7.05 Å². The van der Waals surface area contributed by atoms with E-state index in [0.29, 0.717) is 5.82 Å². The number of aromatic nitrogens is 2. The molecule has 0 saturated heterocycles. The van der Waals surface area contributed by atoms with Gasteiger partial charge in [0.25, 0.3) is 0 Å². The van der Waals surface area contributed by atoms with Crippen molar-refractivity contribution >= 4 is 23.2 Å². The first-order chi connectivity index (χ1) is 4.74. The van der Waals surface area contributed by atoms with Gasteiger partial charge in [0.1, 0.15) is 0 Å². The molecule has 0 aliphatic heterocycles. The Morgan fingerprint density at radius 2 is 2.50 bits per heavy atom. The number of isothiocyanates is 1. The molecule has 0 radical (unpaired) electrons. The minimum atomic E-state index is 0.650. The number of thiocarbonyl (C=S) groups is 1. The van der Waals surface area contributed by atoms with Crippen molar-refractivity contribution in [3.05, 3.63) is 11.8 Å². The molecule has 0 fully saturated rings. The van der Waals surface area contributed by atoms with Crippen molar-refractivity contribution in [2.24, 2.45) is 12.0 Å². The summed E-state index contributed by atoms with van der Waals surface area (Å²) in [6, 6.07) is 0. The van der Waals surface area contributed by atoms with Crippen LogP contribution >= 0.6 is 12.2 Å². The Kier molecular flexibility index (Phi) is 1.94. The molecule has 0 amide bonds. The van der Waals surface area contributed by atoms with Crippen molar-refractivity contribution in [1.82, 2.24) is 9.78 Å². The van der Waals surface area contributed by atoms with E-state index in [-0.39, 0.29) is 0 Å². The van der Waals surface area contributed by atoms with Crippen LogP contribution in [0.1, 0.15) is 5.56 Å². The van der Waals surface area contributed by atoms with Gasteiger partial charge in [0.2, 0.25) is 0 Å². The van der Waals surface area contributed by atoms with Crippen molar-refractivity contribution in [1.29, 1.82) is 0 Å². The summed E-state index contributed by atoms with van der Waals surface area (Å²) in [5.41, 5.74) is 1.01. The van der Waals surface area contributed by atoms with Gasteiger partial charge in [0.15, 0.2) is 5.82 Å². The maximum atomic E-state index is 4.44. The van der Waals surface area contributed by atoms with Crippen LogP contribution in [0.2, 0.25) is 0 Å². The summed E-state index contributed by atoms with van der Waals surface area (Å²) in [6.07, 6.45) is 1.88. The Morgan fingerprint density at radius 1 is 1.80 bits per heavy atom. The summed E-state index contributed by atoms with van der Waals surface area (Å²) < 4.78 is 1.70. The van der Waals surface area contributed by atoms with Crippen LogP contribution in [0, 0.1) is 6.92 Å². The number of aryl methyl sites for hydroxylation is 2. The zero-order chi connectivity index (χ0) is 7.56. The molecule has 0 aliphatic carbocycles. The highest BCUT2D eigenvalue weighted by molar-refractivity contribution is 7.78. The van der Waals surface area contributed by atoms with Crippen LogP contribution in [0.4, 0.5) is 5.82 Å². The largest absolute Gasteiger partial charge is 0.273 e. The maximum Gasteiger partial charge on any atom is 0.186 e. The highest BCUT2D eigenvalue weighted by Crippen LogP contribution is 2.12. The molecule has 52 valence electrons. The van der Waals surface area contributed by atoms with Crippen LogP contribution in [0.15, 0.2) is 11.2 Å². The molecule has 1 rings (SSSR count). The van der Waals surface area contributed by atoms with Crippen LogP contribution in [0.3, 0.4) is 0 Å². The third kappa shape index (κ3) is 1.29. The van der Waals surface area contributed by atoms with Gasteiger partial charge in [-0.25, -0.2) is 0 Å². The number of rotatable bonds is 1. The lowest BCUT2D eigenvalue weighted by molar-refractivity contribution is 0.769. The molecule has 10 heavy (non-hydrogen) atoms. The Balaban J connectivity index is 3.14. The Bertz CT molecular complexity index is 283. The quantitative estimate of drug-likeness (QED) is 0.451. The second-order valence-electron chi connectivity index (χ2n) is 2.01. The molecule has 1 aromatic rings. The minimum Gasteiger partial charge on any atom is -0.273 e. The first-order valence-electron chi connectivity index (χ1n) is 2.82. The smallest absolute Gasteiger partial charge is 0.186 e. The second kappa shape index (κ2) is 2.73.